The van der Waals surface area contributed by atoms with Crippen LogP contribution in [0.5, 0.6) is 0 Å². The molecule has 0 aliphatic rings. The molecule has 0 atom stereocenters. The first-order chi connectivity index (χ1) is 14.9. The lowest BCUT2D eigenvalue weighted by Crippen LogP contribution is -2.29. The molecule has 0 saturated carbocycles. The number of nitro benzene ring substituents is 1. The first kappa shape index (κ1) is 21.8. The molecule has 0 bridgehead atoms. The predicted molar refractivity (Wildman–Crippen MR) is 118 cm³/mol. The van der Waals surface area contributed by atoms with E-state index in [1.165, 1.54) is 10.7 Å². The van der Waals surface area contributed by atoms with E-state index in [0.29, 0.717) is 22.9 Å². The van der Waals surface area contributed by atoms with Crippen LogP contribution in [-0.4, -0.2) is 26.3 Å². The first-order valence-electron chi connectivity index (χ1n) is 10.0. The van der Waals surface area contributed by atoms with Gasteiger partial charge in [-0.2, -0.15) is 10.2 Å². The lowest BCUT2D eigenvalue weighted by molar-refractivity contribution is -0.385. The van der Waals surface area contributed by atoms with E-state index < -0.39 is 10.8 Å². The molecule has 0 fully saturated rings. The molecular formula is C22H23N5O4. The highest BCUT2D eigenvalue weighted by atomic mass is 16.6. The smallest absolute Gasteiger partial charge is 0.267 e. The van der Waals surface area contributed by atoms with Gasteiger partial charge in [-0.05, 0) is 25.5 Å². The second-order valence-corrected chi connectivity index (χ2v) is 7.04. The van der Waals surface area contributed by atoms with Gasteiger partial charge in [0.25, 0.3) is 17.2 Å². The van der Waals surface area contributed by atoms with Crippen LogP contribution in [0.2, 0.25) is 0 Å². The molecule has 31 heavy (non-hydrogen) atoms. The number of carbonyl (C=O) groups is 1. The monoisotopic (exact) mass is 421 g/mol. The van der Waals surface area contributed by atoms with E-state index >= 15 is 0 Å². The zero-order chi connectivity index (χ0) is 22.4. The van der Waals surface area contributed by atoms with Crippen molar-refractivity contribution in [3.63, 3.8) is 0 Å². The van der Waals surface area contributed by atoms with Crippen molar-refractivity contribution in [3.05, 3.63) is 80.3 Å². The molecule has 9 heteroatoms. The maximum Gasteiger partial charge on any atom is 0.292 e. The number of carbonyl (C=O) groups excluding carboxylic acids is 1. The number of nitrogens with one attached hydrogen (secondary N) is 1. The Morgan fingerprint density at radius 3 is 2.52 bits per heavy atom. The second kappa shape index (κ2) is 9.75. The standard InChI is InChI=1S/C22H23N5O4/c1-3-4-9-14-26-22(29)18-12-6-5-11-17(18)20(25-26)21(28)24-23-15(2)16-10-7-8-13-19(16)27(30)31/h5-8,10-13H,3-4,9,14H2,1-2H3,(H,24,28)/b23-15-. The van der Waals surface area contributed by atoms with E-state index in [1.54, 1.807) is 49.4 Å². The van der Waals surface area contributed by atoms with E-state index in [4.69, 9.17) is 0 Å². The molecule has 0 spiro atoms. The van der Waals surface area contributed by atoms with Crippen LogP contribution in [-0.2, 0) is 6.54 Å². The molecule has 1 N–H and O–H groups in total. The van der Waals surface area contributed by atoms with Crippen LogP contribution >= 0.6 is 0 Å². The SMILES string of the molecule is CCCCCn1nc(C(=O)N/N=C(/C)c2ccccc2[N+](=O)[O-])c2ccccc2c1=O. The Balaban J connectivity index is 1.95. The van der Waals surface area contributed by atoms with Gasteiger partial charge in [0.15, 0.2) is 5.69 Å². The summed E-state index contributed by atoms with van der Waals surface area (Å²) in [5.74, 6) is -0.599. The molecule has 2 aromatic carbocycles. The Bertz CT molecular complexity index is 1220. The van der Waals surface area contributed by atoms with E-state index in [2.05, 4.69) is 22.5 Å². The van der Waals surface area contributed by atoms with Gasteiger partial charge in [0, 0.05) is 18.0 Å². The molecule has 0 aliphatic heterocycles. The second-order valence-electron chi connectivity index (χ2n) is 7.04. The van der Waals surface area contributed by atoms with E-state index in [-0.39, 0.29) is 22.7 Å². The molecule has 3 aromatic rings. The molecule has 0 aliphatic carbocycles. The van der Waals surface area contributed by atoms with E-state index in [1.807, 2.05) is 0 Å². The van der Waals surface area contributed by atoms with Gasteiger partial charge < -0.3 is 0 Å². The average Bonchev–Trinajstić information content (AvgIpc) is 2.79. The van der Waals surface area contributed by atoms with Crippen molar-refractivity contribution in [3.8, 4) is 0 Å². The number of fused-ring (bicyclic) bond motifs is 1. The van der Waals surface area contributed by atoms with Crippen molar-refractivity contribution in [1.29, 1.82) is 0 Å². The number of aryl methyl sites for hydroxylation is 1. The van der Waals surface area contributed by atoms with Crippen molar-refractivity contribution >= 4 is 28.1 Å². The highest BCUT2D eigenvalue weighted by Crippen LogP contribution is 2.18. The van der Waals surface area contributed by atoms with Crippen molar-refractivity contribution in [1.82, 2.24) is 15.2 Å². The van der Waals surface area contributed by atoms with Gasteiger partial charge in [0.05, 0.1) is 21.6 Å². The fourth-order valence-electron chi connectivity index (χ4n) is 3.25. The van der Waals surface area contributed by atoms with E-state index in [0.717, 1.165) is 19.3 Å². The number of rotatable bonds is 8. The molecule has 1 amide bonds. The summed E-state index contributed by atoms with van der Waals surface area (Å²) in [7, 11) is 0. The number of hydrogen-bond donors (Lipinski definition) is 1. The summed E-state index contributed by atoms with van der Waals surface area (Å²) in [4.78, 5) is 36.3. The Kier molecular flexibility index (Phi) is 6.86. The van der Waals surface area contributed by atoms with Crippen molar-refractivity contribution in [2.75, 3.05) is 0 Å². The molecule has 0 saturated heterocycles. The number of para-hydroxylation sites is 1. The minimum Gasteiger partial charge on any atom is -0.267 e. The summed E-state index contributed by atoms with van der Waals surface area (Å²) in [6, 6.07) is 12.9. The van der Waals surface area contributed by atoms with Gasteiger partial charge in [-0.15, -0.1) is 0 Å². The Morgan fingerprint density at radius 2 is 1.81 bits per heavy atom. The lowest BCUT2D eigenvalue weighted by Gasteiger charge is -2.10. The van der Waals surface area contributed by atoms with Crippen LogP contribution in [0.3, 0.4) is 0 Å². The van der Waals surface area contributed by atoms with Gasteiger partial charge in [-0.25, -0.2) is 10.1 Å². The van der Waals surface area contributed by atoms with Gasteiger partial charge in [-0.1, -0.05) is 50.1 Å². The zero-order valence-electron chi connectivity index (χ0n) is 17.4. The summed E-state index contributed by atoms with van der Waals surface area (Å²) in [5.41, 5.74) is 2.72. The molecule has 1 heterocycles. The predicted octanol–water partition coefficient (Wildman–Crippen LogP) is 3.65. The van der Waals surface area contributed by atoms with Crippen LogP contribution in [0, 0.1) is 10.1 Å². The minimum absolute atomic E-state index is 0.0748. The Labute approximate surface area is 178 Å². The maximum atomic E-state index is 12.9. The third kappa shape index (κ3) is 4.82. The van der Waals surface area contributed by atoms with Gasteiger partial charge >= 0.3 is 0 Å². The third-order valence-electron chi connectivity index (χ3n) is 4.87. The van der Waals surface area contributed by atoms with Crippen LogP contribution in [0.4, 0.5) is 5.69 Å². The molecule has 0 unspecified atom stereocenters. The van der Waals surface area contributed by atoms with Crippen molar-refractivity contribution < 1.29 is 9.72 Å². The van der Waals surface area contributed by atoms with Crippen LogP contribution in [0.25, 0.3) is 10.8 Å². The van der Waals surface area contributed by atoms with Crippen molar-refractivity contribution in [2.24, 2.45) is 5.10 Å². The molecule has 160 valence electrons. The summed E-state index contributed by atoms with van der Waals surface area (Å²) in [6.07, 6.45) is 2.72. The summed E-state index contributed by atoms with van der Waals surface area (Å²) < 4.78 is 1.31. The Morgan fingerprint density at radius 1 is 1.13 bits per heavy atom. The number of nitrogens with zero attached hydrogens (tertiary/aromatic N) is 4. The number of hydrogen-bond acceptors (Lipinski definition) is 6. The molecule has 3 rings (SSSR count). The molecule has 9 nitrogen and oxygen atoms in total. The minimum atomic E-state index is -0.599. The number of benzene rings is 2. The third-order valence-corrected chi connectivity index (χ3v) is 4.87. The summed E-state index contributed by atoms with van der Waals surface area (Å²) in [6.45, 7) is 4.04. The number of hydrazone groups is 1. The lowest BCUT2D eigenvalue weighted by atomic mass is 10.1. The highest BCUT2D eigenvalue weighted by molar-refractivity contribution is 6.06. The van der Waals surface area contributed by atoms with E-state index in [9.17, 15) is 19.7 Å². The summed E-state index contributed by atoms with van der Waals surface area (Å²) >= 11 is 0. The van der Waals surface area contributed by atoms with Crippen LogP contribution in [0.15, 0.2) is 58.4 Å². The van der Waals surface area contributed by atoms with Gasteiger partial charge in [0.2, 0.25) is 0 Å². The van der Waals surface area contributed by atoms with Crippen LogP contribution in [0.1, 0.15) is 49.2 Å². The normalized spacial score (nSPS) is 11.5. The quantitative estimate of drug-likeness (QED) is 0.258. The highest BCUT2D eigenvalue weighted by Gasteiger charge is 2.18. The number of aromatic nitrogens is 2. The topological polar surface area (TPSA) is 119 Å². The fourth-order valence-corrected chi connectivity index (χ4v) is 3.25. The first-order valence-corrected chi connectivity index (χ1v) is 10.0. The van der Waals surface area contributed by atoms with Gasteiger partial charge in [-0.3, -0.25) is 19.7 Å². The maximum absolute atomic E-state index is 12.9. The largest absolute Gasteiger partial charge is 0.292 e. The molecule has 0 radical (unpaired) electrons. The zero-order valence-corrected chi connectivity index (χ0v) is 17.4. The fraction of sp³-hybridized carbons (Fsp3) is 0.273. The van der Waals surface area contributed by atoms with Gasteiger partial charge in [0.1, 0.15) is 0 Å². The molecule has 1 aromatic heterocycles. The number of unbranched alkanes of at least 4 members (excludes halogenated alkanes) is 2. The Hall–Kier alpha value is -3.88. The molecular weight excluding hydrogens is 398 g/mol. The number of amides is 1. The average molecular weight is 421 g/mol. The van der Waals surface area contributed by atoms with Crippen molar-refractivity contribution in [2.45, 2.75) is 39.7 Å². The number of nitro groups is 1. The van der Waals surface area contributed by atoms with Crippen LogP contribution < -0.4 is 11.0 Å². The summed E-state index contributed by atoms with van der Waals surface area (Å²) in [5, 5.41) is 20.4.